The molecular formula is C20H20N4O3. The molecule has 0 bridgehead atoms. The van der Waals surface area contributed by atoms with Crippen LogP contribution in [0, 0.1) is 0 Å². The van der Waals surface area contributed by atoms with E-state index < -0.39 is 6.04 Å². The van der Waals surface area contributed by atoms with Crippen molar-refractivity contribution in [1.29, 1.82) is 0 Å². The van der Waals surface area contributed by atoms with Crippen LogP contribution < -0.4 is 5.32 Å². The molecule has 0 spiro atoms. The average molecular weight is 364 g/mol. The van der Waals surface area contributed by atoms with E-state index >= 15 is 0 Å². The second-order valence-electron chi connectivity index (χ2n) is 6.28. The van der Waals surface area contributed by atoms with Crippen molar-refractivity contribution in [3.05, 3.63) is 54.1 Å². The normalized spacial score (nSPS) is 15.2. The molecule has 0 saturated carbocycles. The number of nitrogens with zero attached hydrogens (tertiary/aromatic N) is 3. The molecule has 7 nitrogen and oxygen atoms in total. The van der Waals surface area contributed by atoms with Crippen LogP contribution in [0.3, 0.4) is 0 Å². The van der Waals surface area contributed by atoms with Gasteiger partial charge in [0.25, 0.3) is 0 Å². The van der Waals surface area contributed by atoms with Crippen LogP contribution in [0.1, 0.15) is 19.8 Å². The van der Waals surface area contributed by atoms with Gasteiger partial charge in [-0.15, -0.1) is 0 Å². The third-order valence-electron chi connectivity index (χ3n) is 4.57. The van der Waals surface area contributed by atoms with Gasteiger partial charge in [-0.05, 0) is 44.0 Å². The van der Waals surface area contributed by atoms with E-state index in [-0.39, 0.29) is 5.91 Å². The molecule has 1 aliphatic heterocycles. The minimum atomic E-state index is -0.585. The van der Waals surface area contributed by atoms with E-state index in [1.54, 1.807) is 42.5 Å². The van der Waals surface area contributed by atoms with Gasteiger partial charge in [0, 0.05) is 30.1 Å². The van der Waals surface area contributed by atoms with Crippen molar-refractivity contribution in [3.63, 3.8) is 0 Å². The minimum absolute atomic E-state index is 0.266. The van der Waals surface area contributed by atoms with Gasteiger partial charge >= 0.3 is 0 Å². The maximum atomic E-state index is 12.6. The molecule has 0 saturated heterocycles. The molecule has 2 aromatic heterocycles. The smallest absolute Gasteiger partial charge is 0.246 e. The van der Waals surface area contributed by atoms with Crippen LogP contribution in [0.2, 0.25) is 0 Å². The van der Waals surface area contributed by atoms with Crippen LogP contribution in [-0.2, 0) is 14.4 Å². The fourth-order valence-electron chi connectivity index (χ4n) is 3.08. The van der Waals surface area contributed by atoms with E-state index in [1.165, 1.54) is 0 Å². The first kappa shape index (κ1) is 18.4. The summed E-state index contributed by atoms with van der Waals surface area (Å²) in [5, 5.41) is 2.81. The maximum Gasteiger partial charge on any atom is 0.246 e. The average Bonchev–Trinajstić information content (AvgIpc) is 2.73. The van der Waals surface area contributed by atoms with Crippen LogP contribution in [0.15, 0.2) is 54.1 Å². The molecule has 1 unspecified atom stereocenters. The minimum Gasteiger partial charge on any atom is -0.357 e. The molecule has 1 amide bonds. The molecule has 7 heteroatoms. The first-order valence-electron chi connectivity index (χ1n) is 8.71. The van der Waals surface area contributed by atoms with E-state index in [0.717, 1.165) is 17.7 Å². The van der Waals surface area contributed by atoms with Gasteiger partial charge in [0.1, 0.15) is 12.3 Å². The number of hydrogen-bond donors (Lipinski definition) is 1. The molecule has 1 aliphatic rings. The lowest BCUT2D eigenvalue weighted by Gasteiger charge is -2.34. The molecule has 0 aromatic carbocycles. The third-order valence-corrected chi connectivity index (χ3v) is 4.57. The standard InChI is InChI=1S/C20H20N4O3/c1-14(24-9-3-5-16(12-25)19(24)13-26)20(27)23-17-6-7-18(22-11-17)15-4-2-8-21-10-15/h2,4,6-8,10-14H,3,5,9H2,1H3,(H,23,27). The van der Waals surface area contributed by atoms with Crippen molar-refractivity contribution < 1.29 is 14.4 Å². The quantitative estimate of drug-likeness (QED) is 0.790. The summed E-state index contributed by atoms with van der Waals surface area (Å²) in [6.45, 7) is 2.27. The zero-order valence-corrected chi connectivity index (χ0v) is 15.0. The van der Waals surface area contributed by atoms with E-state index in [4.69, 9.17) is 0 Å². The molecule has 1 N–H and O–H groups in total. The van der Waals surface area contributed by atoms with Gasteiger partial charge in [0.15, 0.2) is 6.29 Å². The maximum absolute atomic E-state index is 12.6. The fourth-order valence-corrected chi connectivity index (χ4v) is 3.08. The van der Waals surface area contributed by atoms with E-state index in [1.807, 2.05) is 12.1 Å². The highest BCUT2D eigenvalue weighted by atomic mass is 16.2. The van der Waals surface area contributed by atoms with Crippen LogP contribution in [0.25, 0.3) is 11.3 Å². The lowest BCUT2D eigenvalue weighted by molar-refractivity contribution is -0.120. The van der Waals surface area contributed by atoms with Crippen LogP contribution in [0.5, 0.6) is 0 Å². The van der Waals surface area contributed by atoms with Gasteiger partial charge < -0.3 is 10.2 Å². The number of hydrogen-bond acceptors (Lipinski definition) is 6. The van der Waals surface area contributed by atoms with E-state index in [0.29, 0.717) is 42.5 Å². The molecule has 138 valence electrons. The topological polar surface area (TPSA) is 92.3 Å². The third kappa shape index (κ3) is 4.08. The number of aldehydes is 2. The first-order valence-corrected chi connectivity index (χ1v) is 8.71. The van der Waals surface area contributed by atoms with Crippen molar-refractivity contribution in [1.82, 2.24) is 14.9 Å². The number of aromatic nitrogens is 2. The summed E-state index contributed by atoms with van der Waals surface area (Å²) in [5.41, 5.74) is 2.94. The number of carbonyl (C=O) groups excluding carboxylic acids is 3. The highest BCUT2D eigenvalue weighted by Crippen LogP contribution is 2.23. The van der Waals surface area contributed by atoms with Gasteiger partial charge in [-0.1, -0.05) is 0 Å². The van der Waals surface area contributed by atoms with Crippen LogP contribution in [0.4, 0.5) is 5.69 Å². The molecule has 1 atom stereocenters. The Morgan fingerprint density at radius 2 is 2.07 bits per heavy atom. The molecule has 3 rings (SSSR count). The van der Waals surface area contributed by atoms with E-state index in [2.05, 4.69) is 15.3 Å². The summed E-state index contributed by atoms with van der Waals surface area (Å²) in [6.07, 6.45) is 7.62. The number of rotatable bonds is 6. The second kappa shape index (κ2) is 8.35. The largest absolute Gasteiger partial charge is 0.357 e. The molecular weight excluding hydrogens is 344 g/mol. The summed E-state index contributed by atoms with van der Waals surface area (Å²) in [4.78, 5) is 45.2. The summed E-state index contributed by atoms with van der Waals surface area (Å²) in [6, 6.07) is 6.73. The Kier molecular flexibility index (Phi) is 5.71. The number of carbonyl (C=O) groups is 3. The highest BCUT2D eigenvalue weighted by molar-refractivity contribution is 5.96. The zero-order valence-electron chi connectivity index (χ0n) is 15.0. The second-order valence-corrected chi connectivity index (χ2v) is 6.28. The SMILES string of the molecule is CC(C(=O)Nc1ccc(-c2cccnc2)nc1)N1CCCC(C=O)=C1C=O. The number of amides is 1. The van der Waals surface area contributed by atoms with Crippen molar-refractivity contribution >= 4 is 24.2 Å². The summed E-state index contributed by atoms with van der Waals surface area (Å²) in [5.74, 6) is -0.266. The number of nitrogens with one attached hydrogen (secondary N) is 1. The Morgan fingerprint density at radius 1 is 1.22 bits per heavy atom. The van der Waals surface area contributed by atoms with Gasteiger partial charge in [-0.2, -0.15) is 0 Å². The van der Waals surface area contributed by atoms with E-state index in [9.17, 15) is 14.4 Å². The lowest BCUT2D eigenvalue weighted by Crippen LogP contribution is -2.44. The van der Waals surface area contributed by atoms with Crippen molar-refractivity contribution in [2.45, 2.75) is 25.8 Å². The Bertz CT molecular complexity index is 863. The molecule has 2 aromatic rings. The lowest BCUT2D eigenvalue weighted by atomic mass is 10.0. The summed E-state index contributed by atoms with van der Waals surface area (Å²) in [7, 11) is 0. The predicted octanol–water partition coefficient (Wildman–Crippen LogP) is 2.22. The molecule has 27 heavy (non-hydrogen) atoms. The highest BCUT2D eigenvalue weighted by Gasteiger charge is 2.27. The van der Waals surface area contributed by atoms with Gasteiger partial charge in [0.05, 0.1) is 23.3 Å². The van der Waals surface area contributed by atoms with Crippen molar-refractivity contribution in [2.75, 3.05) is 11.9 Å². The van der Waals surface area contributed by atoms with Gasteiger partial charge in [0.2, 0.25) is 5.91 Å². The summed E-state index contributed by atoms with van der Waals surface area (Å²) < 4.78 is 0. The predicted molar refractivity (Wildman–Crippen MR) is 101 cm³/mol. The Balaban J connectivity index is 1.71. The van der Waals surface area contributed by atoms with Gasteiger partial charge in [-0.25, -0.2) is 0 Å². The first-order chi connectivity index (χ1) is 13.1. The Hall–Kier alpha value is -3.35. The molecule has 0 aliphatic carbocycles. The van der Waals surface area contributed by atoms with Crippen molar-refractivity contribution in [2.24, 2.45) is 0 Å². The van der Waals surface area contributed by atoms with Gasteiger partial charge in [-0.3, -0.25) is 24.4 Å². The molecule has 0 radical (unpaired) electrons. The molecule has 3 heterocycles. The number of pyridine rings is 2. The Labute approximate surface area is 157 Å². The zero-order chi connectivity index (χ0) is 19.2. The van der Waals surface area contributed by atoms with Crippen LogP contribution >= 0.6 is 0 Å². The fraction of sp³-hybridized carbons (Fsp3) is 0.250. The summed E-state index contributed by atoms with van der Waals surface area (Å²) >= 11 is 0. The number of anilines is 1. The Morgan fingerprint density at radius 3 is 2.70 bits per heavy atom. The van der Waals surface area contributed by atoms with Crippen LogP contribution in [-0.4, -0.2) is 45.9 Å². The van der Waals surface area contributed by atoms with Crippen molar-refractivity contribution in [3.8, 4) is 11.3 Å². The number of allylic oxidation sites excluding steroid dienone is 2. The monoisotopic (exact) mass is 364 g/mol. The molecule has 0 fully saturated rings.